The summed E-state index contributed by atoms with van der Waals surface area (Å²) in [5.41, 5.74) is 21.5. The van der Waals surface area contributed by atoms with Crippen molar-refractivity contribution < 1.29 is 63.6 Å². The first-order valence-electron chi connectivity index (χ1n) is 17.1. The minimum Gasteiger partial charge on any atom is -0.481 e. The number of nitrogens with two attached hydrogens (primary N) is 4. The molecule has 18 N–H and O–H groups in total. The van der Waals surface area contributed by atoms with E-state index in [2.05, 4.69) is 36.9 Å². The van der Waals surface area contributed by atoms with Crippen LogP contribution in [0.5, 0.6) is 0 Å². The SMILES string of the molecule is CC(C)C[C@H](NC(=O)[C@H](CC(N)=O)NC(=O)[C@H](CC(=O)O)NC(=O)[C@H](CO)NC(=O)[C@@H](N)CCCN=C(N)N)C(=O)N[C@@H](CO)C(=O)N[C@H](C(=O)O)C(C)C. The molecule has 55 heavy (non-hydrogen) atoms. The molecule has 0 aromatic rings. The molecule has 0 aliphatic rings. The highest BCUT2D eigenvalue weighted by Crippen LogP contribution is 2.08. The number of aliphatic hydroxyl groups is 2. The molecule has 0 heterocycles. The number of hydrogen-bond donors (Lipinski definition) is 14. The molecule has 0 rings (SSSR count). The first-order chi connectivity index (χ1) is 25.5. The molecule has 7 atom stereocenters. The third-order valence-electron chi connectivity index (χ3n) is 7.56. The van der Waals surface area contributed by atoms with Gasteiger partial charge < -0.3 is 75.3 Å². The van der Waals surface area contributed by atoms with Crippen LogP contribution in [0.1, 0.15) is 59.8 Å². The summed E-state index contributed by atoms with van der Waals surface area (Å²) in [5, 5.41) is 51.4. The van der Waals surface area contributed by atoms with E-state index in [1.807, 2.05) is 0 Å². The fraction of sp³-hybridized carbons (Fsp3) is 0.677. The fourth-order valence-electron chi connectivity index (χ4n) is 4.67. The zero-order valence-corrected chi connectivity index (χ0v) is 31.1. The first-order valence-corrected chi connectivity index (χ1v) is 17.1. The van der Waals surface area contributed by atoms with Crippen molar-refractivity contribution in [1.82, 2.24) is 31.9 Å². The third kappa shape index (κ3) is 19.3. The van der Waals surface area contributed by atoms with Gasteiger partial charge in [-0.15, -0.1) is 0 Å². The minimum atomic E-state index is -1.95. The van der Waals surface area contributed by atoms with Crippen molar-refractivity contribution in [3.63, 3.8) is 0 Å². The van der Waals surface area contributed by atoms with E-state index in [1.165, 1.54) is 13.8 Å². The summed E-state index contributed by atoms with van der Waals surface area (Å²) < 4.78 is 0. The molecule has 0 fully saturated rings. The number of carbonyl (C=O) groups is 9. The third-order valence-corrected chi connectivity index (χ3v) is 7.56. The van der Waals surface area contributed by atoms with Crippen LogP contribution in [0.4, 0.5) is 0 Å². The minimum absolute atomic E-state index is 0.0677. The van der Waals surface area contributed by atoms with E-state index in [-0.39, 0.29) is 37.7 Å². The number of aliphatic imine (C=N–C) groups is 1. The lowest BCUT2D eigenvalue weighted by Gasteiger charge is -2.27. The summed E-state index contributed by atoms with van der Waals surface area (Å²) in [6.45, 7) is 4.54. The molecule has 24 heteroatoms. The van der Waals surface area contributed by atoms with Gasteiger partial charge in [-0.05, 0) is 31.1 Å². The largest absolute Gasteiger partial charge is 0.481 e. The molecule has 0 radical (unpaired) electrons. The molecule has 0 spiro atoms. The summed E-state index contributed by atoms with van der Waals surface area (Å²) in [5.74, 6) is -11.8. The van der Waals surface area contributed by atoms with E-state index in [9.17, 15) is 63.6 Å². The molecular weight excluding hydrogens is 734 g/mol. The van der Waals surface area contributed by atoms with Crippen molar-refractivity contribution in [1.29, 1.82) is 0 Å². The number of carboxylic acid groups (broad SMARTS) is 2. The van der Waals surface area contributed by atoms with Gasteiger partial charge in [-0.3, -0.25) is 43.3 Å². The highest BCUT2D eigenvalue weighted by Gasteiger charge is 2.35. The number of amides is 7. The number of carboxylic acids is 2. The number of primary amides is 1. The molecule has 0 aromatic carbocycles. The van der Waals surface area contributed by atoms with Crippen LogP contribution in [0.3, 0.4) is 0 Å². The smallest absolute Gasteiger partial charge is 0.326 e. The maximum absolute atomic E-state index is 13.4. The van der Waals surface area contributed by atoms with Crippen LogP contribution in [-0.4, -0.2) is 142 Å². The Labute approximate surface area is 316 Å². The number of aliphatic carboxylic acids is 2. The van der Waals surface area contributed by atoms with Gasteiger partial charge in [0.25, 0.3) is 0 Å². The molecule has 24 nitrogen and oxygen atoms in total. The van der Waals surface area contributed by atoms with Gasteiger partial charge in [0.05, 0.1) is 32.1 Å². The predicted molar refractivity (Wildman–Crippen MR) is 192 cm³/mol. The second-order valence-electron chi connectivity index (χ2n) is 13.2. The Kier molecular flexibility index (Phi) is 22.1. The number of nitrogens with one attached hydrogen (secondary N) is 6. The molecule has 312 valence electrons. The number of guanidine groups is 1. The number of rotatable bonds is 26. The average molecular weight is 790 g/mol. The van der Waals surface area contributed by atoms with Crippen LogP contribution in [0.15, 0.2) is 4.99 Å². The van der Waals surface area contributed by atoms with Gasteiger partial charge in [0, 0.05) is 6.54 Å². The predicted octanol–water partition coefficient (Wildman–Crippen LogP) is -6.60. The second kappa shape index (κ2) is 24.6. The van der Waals surface area contributed by atoms with Gasteiger partial charge in [0.15, 0.2) is 5.96 Å². The molecule has 0 aromatic heterocycles. The Balaban J connectivity index is 6.03. The Bertz CT molecular complexity index is 1410. The van der Waals surface area contributed by atoms with Crippen molar-refractivity contribution in [3.8, 4) is 0 Å². The number of aliphatic hydroxyl groups excluding tert-OH is 2. The van der Waals surface area contributed by atoms with E-state index < -0.39 is 128 Å². The van der Waals surface area contributed by atoms with Crippen LogP contribution < -0.4 is 54.8 Å². The van der Waals surface area contributed by atoms with Crippen LogP contribution >= 0.6 is 0 Å². The monoisotopic (exact) mass is 789 g/mol. The molecule has 0 bridgehead atoms. The zero-order chi connectivity index (χ0) is 42.6. The molecule has 0 saturated carbocycles. The van der Waals surface area contributed by atoms with Crippen LogP contribution in [0.25, 0.3) is 0 Å². The topological polar surface area (TPSA) is 423 Å². The van der Waals surface area contributed by atoms with E-state index >= 15 is 0 Å². The van der Waals surface area contributed by atoms with Crippen molar-refractivity contribution in [2.24, 2.45) is 39.8 Å². The number of carbonyl (C=O) groups excluding carboxylic acids is 7. The normalized spacial score (nSPS) is 14.8. The highest BCUT2D eigenvalue weighted by atomic mass is 16.4. The van der Waals surface area contributed by atoms with Crippen molar-refractivity contribution >= 4 is 59.2 Å². The molecular formula is C31H55N11O13. The van der Waals surface area contributed by atoms with Crippen molar-refractivity contribution in [2.45, 2.75) is 102 Å². The van der Waals surface area contributed by atoms with Crippen LogP contribution in [0.2, 0.25) is 0 Å². The standard InChI is InChI=1S/C31H55N11O13/c1-13(2)8-16(25(49)41-20(12-44)29(53)42-23(14(3)4)30(54)55)37-26(50)17(9-21(33)45)38-27(51)18(10-22(46)47)39-28(52)19(11-43)40-24(48)15(32)6-5-7-36-31(34)35/h13-20,23,43-44H,5-12,32H2,1-4H3,(H2,33,45)(H,37,50)(H,38,51)(H,39,52)(H,40,48)(H,41,49)(H,42,53)(H,46,47)(H,54,55)(H4,34,35,36)/t15-,16-,17-,18-,19-,20-,23-/m0/s1. The number of nitrogens with zero attached hydrogens (tertiary/aromatic N) is 1. The summed E-state index contributed by atoms with van der Waals surface area (Å²) in [6.07, 6.45) is -1.71. The second-order valence-corrected chi connectivity index (χ2v) is 13.2. The lowest BCUT2D eigenvalue weighted by atomic mass is 10.0. The molecule has 0 aliphatic carbocycles. The molecule has 7 amide bonds. The zero-order valence-electron chi connectivity index (χ0n) is 31.1. The number of hydrogen-bond acceptors (Lipinski definition) is 13. The van der Waals surface area contributed by atoms with Gasteiger partial charge in [0.2, 0.25) is 41.4 Å². The lowest BCUT2D eigenvalue weighted by molar-refractivity contribution is -0.144. The van der Waals surface area contributed by atoms with Gasteiger partial charge >= 0.3 is 11.9 Å². The molecule has 0 unspecified atom stereocenters. The summed E-state index contributed by atoms with van der Waals surface area (Å²) in [7, 11) is 0. The Morgan fingerprint density at radius 1 is 0.600 bits per heavy atom. The van der Waals surface area contributed by atoms with Gasteiger partial charge in [0.1, 0.15) is 36.3 Å². The van der Waals surface area contributed by atoms with Gasteiger partial charge in [-0.1, -0.05) is 27.7 Å². The Hall–Kier alpha value is -5.62. The maximum atomic E-state index is 13.4. The van der Waals surface area contributed by atoms with Gasteiger partial charge in [-0.2, -0.15) is 0 Å². The summed E-state index contributed by atoms with van der Waals surface area (Å²) in [4.78, 5) is 117. The van der Waals surface area contributed by atoms with E-state index in [0.717, 1.165) is 0 Å². The lowest BCUT2D eigenvalue weighted by Crippen LogP contribution is -2.61. The fourth-order valence-corrected chi connectivity index (χ4v) is 4.67. The quantitative estimate of drug-likeness (QED) is 0.0220. The van der Waals surface area contributed by atoms with Crippen LogP contribution in [-0.2, 0) is 43.2 Å². The first kappa shape index (κ1) is 49.4. The highest BCUT2D eigenvalue weighted by molar-refractivity contribution is 5.99. The van der Waals surface area contributed by atoms with E-state index in [4.69, 9.17) is 22.9 Å². The van der Waals surface area contributed by atoms with E-state index in [0.29, 0.717) is 0 Å². The van der Waals surface area contributed by atoms with Crippen molar-refractivity contribution in [3.05, 3.63) is 0 Å². The molecule has 0 saturated heterocycles. The maximum Gasteiger partial charge on any atom is 0.326 e. The Morgan fingerprint density at radius 3 is 1.44 bits per heavy atom. The summed E-state index contributed by atoms with van der Waals surface area (Å²) >= 11 is 0. The van der Waals surface area contributed by atoms with E-state index in [1.54, 1.807) is 13.8 Å². The Morgan fingerprint density at radius 2 is 1.02 bits per heavy atom. The molecule has 0 aliphatic heterocycles. The summed E-state index contributed by atoms with van der Waals surface area (Å²) in [6, 6.07) is -11.2. The van der Waals surface area contributed by atoms with Crippen molar-refractivity contribution in [2.75, 3.05) is 19.8 Å². The van der Waals surface area contributed by atoms with Crippen LogP contribution in [0, 0.1) is 11.8 Å². The van der Waals surface area contributed by atoms with Gasteiger partial charge in [-0.25, -0.2) is 4.79 Å². The average Bonchev–Trinajstić information content (AvgIpc) is 3.07.